The molecule has 1 aliphatic rings. The van der Waals surface area contributed by atoms with Crippen molar-refractivity contribution >= 4 is 16.1 Å². The number of benzene rings is 1. The number of carbonyl (C=O) groups is 1. The summed E-state index contributed by atoms with van der Waals surface area (Å²) in [5, 5.41) is 2.68. The highest BCUT2D eigenvalue weighted by molar-refractivity contribution is 7.89. The fraction of sp³-hybridized carbons (Fsp3) is 0.588. The van der Waals surface area contributed by atoms with Gasteiger partial charge in [0.25, 0.3) is 0 Å². The highest BCUT2D eigenvalue weighted by Gasteiger charge is 2.29. The lowest BCUT2D eigenvalue weighted by Crippen LogP contribution is -2.41. The third-order valence-corrected chi connectivity index (χ3v) is 6.38. The van der Waals surface area contributed by atoms with Gasteiger partial charge in [0.15, 0.2) is 0 Å². The molecule has 1 saturated heterocycles. The number of nitrogens with zero attached hydrogens (tertiary/aromatic N) is 2. The number of rotatable bonds is 7. The van der Waals surface area contributed by atoms with Crippen molar-refractivity contribution in [1.82, 2.24) is 14.5 Å². The molecule has 1 fully saturated rings. The molecule has 0 saturated carbocycles. The number of carbonyl (C=O) groups excluding carboxylic acids is 1. The van der Waals surface area contributed by atoms with E-state index in [1.807, 2.05) is 18.2 Å². The predicted octanol–water partition coefficient (Wildman–Crippen LogP) is 1.09. The van der Waals surface area contributed by atoms with Crippen molar-refractivity contribution in [3.05, 3.63) is 23.8 Å². The first kappa shape index (κ1) is 20.3. The van der Waals surface area contributed by atoms with Gasteiger partial charge in [-0.2, -0.15) is 0 Å². The van der Waals surface area contributed by atoms with Gasteiger partial charge in [0.1, 0.15) is 11.5 Å². The van der Waals surface area contributed by atoms with Crippen LogP contribution in [0, 0.1) is 0 Å². The van der Waals surface area contributed by atoms with E-state index >= 15 is 0 Å². The maximum Gasteiger partial charge on any atom is 0.317 e. The molecule has 9 heteroatoms. The average molecular weight is 385 g/mol. The molecule has 1 aromatic carbocycles. The van der Waals surface area contributed by atoms with Crippen molar-refractivity contribution < 1.29 is 22.7 Å². The lowest BCUT2D eigenvalue weighted by atomic mass is 9.97. The molecule has 8 nitrogen and oxygen atoms in total. The number of sulfonamides is 1. The first-order valence-electron chi connectivity index (χ1n) is 8.43. The molecule has 0 unspecified atom stereocenters. The Morgan fingerprint density at radius 1 is 1.31 bits per heavy atom. The zero-order chi connectivity index (χ0) is 19.3. The maximum atomic E-state index is 12.3. The quantitative estimate of drug-likeness (QED) is 0.759. The van der Waals surface area contributed by atoms with Crippen LogP contribution in [0.3, 0.4) is 0 Å². The predicted molar refractivity (Wildman–Crippen MR) is 99.3 cm³/mol. The Morgan fingerprint density at radius 3 is 2.65 bits per heavy atom. The van der Waals surface area contributed by atoms with Crippen LogP contribution >= 0.6 is 0 Å². The minimum absolute atomic E-state index is 0.0863. The molecule has 0 spiro atoms. The van der Waals surface area contributed by atoms with Gasteiger partial charge >= 0.3 is 6.03 Å². The Kier molecular flexibility index (Phi) is 6.71. The number of urea groups is 1. The van der Waals surface area contributed by atoms with Crippen molar-refractivity contribution in [2.45, 2.75) is 12.3 Å². The molecule has 1 aliphatic heterocycles. The standard InChI is InChI=1S/C17H27N3O5S/c1-19(2)26(22,23)10-8-18-17(21)20-9-7-13(12-20)15-11-14(24-3)5-6-16(15)25-4/h5-6,11,13H,7-10,12H2,1-4H3,(H,18,21)/t13-/m1/s1. The summed E-state index contributed by atoms with van der Waals surface area (Å²) in [6.45, 7) is 1.25. The van der Waals surface area contributed by atoms with E-state index in [4.69, 9.17) is 9.47 Å². The Labute approximate surface area is 155 Å². The van der Waals surface area contributed by atoms with Crippen LogP contribution in [0.25, 0.3) is 0 Å². The third-order valence-electron chi connectivity index (χ3n) is 4.54. The Hall–Kier alpha value is -2.00. The average Bonchev–Trinajstić information content (AvgIpc) is 3.10. The van der Waals surface area contributed by atoms with Gasteiger partial charge < -0.3 is 19.7 Å². The number of likely N-dealkylation sites (tertiary alicyclic amines) is 1. The molecule has 0 aliphatic carbocycles. The molecule has 1 aromatic rings. The maximum absolute atomic E-state index is 12.3. The van der Waals surface area contributed by atoms with Gasteiger partial charge in [0, 0.05) is 45.2 Å². The molecule has 0 aromatic heterocycles. The first-order valence-corrected chi connectivity index (χ1v) is 10.0. The van der Waals surface area contributed by atoms with E-state index in [-0.39, 0.29) is 24.2 Å². The third kappa shape index (κ3) is 4.79. The summed E-state index contributed by atoms with van der Waals surface area (Å²) in [7, 11) is 2.87. The Morgan fingerprint density at radius 2 is 2.04 bits per heavy atom. The van der Waals surface area contributed by atoms with Gasteiger partial charge in [0.05, 0.1) is 20.0 Å². The van der Waals surface area contributed by atoms with Crippen molar-refractivity contribution in [3.8, 4) is 11.5 Å². The molecule has 0 bridgehead atoms. The lowest BCUT2D eigenvalue weighted by Gasteiger charge is -2.19. The second kappa shape index (κ2) is 8.59. The van der Waals surface area contributed by atoms with E-state index in [2.05, 4.69) is 5.32 Å². The number of ether oxygens (including phenoxy) is 2. The van der Waals surface area contributed by atoms with E-state index in [0.717, 1.165) is 27.8 Å². The highest BCUT2D eigenvalue weighted by atomic mass is 32.2. The fourth-order valence-electron chi connectivity index (χ4n) is 2.94. The molecule has 0 radical (unpaired) electrons. The van der Waals surface area contributed by atoms with Crippen LogP contribution in [0.4, 0.5) is 4.79 Å². The topological polar surface area (TPSA) is 88.2 Å². The minimum atomic E-state index is -3.32. The summed E-state index contributed by atoms with van der Waals surface area (Å²) in [5.74, 6) is 1.55. The Bertz CT molecular complexity index is 736. The van der Waals surface area contributed by atoms with Crippen LogP contribution in [0.5, 0.6) is 11.5 Å². The normalized spacial score (nSPS) is 17.4. The smallest absolute Gasteiger partial charge is 0.317 e. The molecule has 26 heavy (non-hydrogen) atoms. The number of amides is 2. The number of hydrogen-bond donors (Lipinski definition) is 1. The van der Waals surface area contributed by atoms with Gasteiger partial charge in [-0.1, -0.05) is 0 Å². The van der Waals surface area contributed by atoms with Crippen LogP contribution in [0.1, 0.15) is 17.9 Å². The van der Waals surface area contributed by atoms with Crippen LogP contribution in [0.15, 0.2) is 18.2 Å². The van der Waals surface area contributed by atoms with E-state index in [9.17, 15) is 13.2 Å². The molecule has 2 rings (SSSR count). The van der Waals surface area contributed by atoms with Crippen LogP contribution in [-0.4, -0.2) is 77.4 Å². The lowest BCUT2D eigenvalue weighted by molar-refractivity contribution is 0.209. The van der Waals surface area contributed by atoms with E-state index in [0.29, 0.717) is 13.1 Å². The van der Waals surface area contributed by atoms with Crippen molar-refractivity contribution in [3.63, 3.8) is 0 Å². The summed E-state index contributed by atoms with van der Waals surface area (Å²) in [4.78, 5) is 14.0. The van der Waals surface area contributed by atoms with Gasteiger partial charge in [-0.3, -0.25) is 0 Å². The molecule has 1 atom stereocenters. The van der Waals surface area contributed by atoms with Crippen LogP contribution in [0.2, 0.25) is 0 Å². The molecule has 1 heterocycles. The fourth-order valence-corrected chi connectivity index (χ4v) is 3.66. The monoisotopic (exact) mass is 385 g/mol. The first-order chi connectivity index (χ1) is 12.3. The minimum Gasteiger partial charge on any atom is -0.497 e. The summed E-state index contributed by atoms with van der Waals surface area (Å²) >= 11 is 0. The zero-order valence-corrected chi connectivity index (χ0v) is 16.5. The summed E-state index contributed by atoms with van der Waals surface area (Å²) < 4.78 is 35.3. The number of hydrogen-bond acceptors (Lipinski definition) is 5. The van der Waals surface area contributed by atoms with Gasteiger partial charge in [-0.05, 0) is 24.6 Å². The van der Waals surface area contributed by atoms with Crippen molar-refractivity contribution in [1.29, 1.82) is 0 Å². The Balaban J connectivity index is 1.95. The molecular formula is C17H27N3O5S. The zero-order valence-electron chi connectivity index (χ0n) is 15.7. The second-order valence-electron chi connectivity index (χ2n) is 6.37. The van der Waals surface area contributed by atoms with E-state index in [1.54, 1.807) is 19.1 Å². The van der Waals surface area contributed by atoms with Crippen molar-refractivity contribution in [2.24, 2.45) is 0 Å². The number of methoxy groups -OCH3 is 2. The largest absolute Gasteiger partial charge is 0.497 e. The molecule has 1 N–H and O–H groups in total. The van der Waals surface area contributed by atoms with E-state index in [1.165, 1.54) is 14.1 Å². The van der Waals surface area contributed by atoms with E-state index < -0.39 is 10.0 Å². The second-order valence-corrected chi connectivity index (χ2v) is 8.67. The van der Waals surface area contributed by atoms with Gasteiger partial charge in [-0.25, -0.2) is 17.5 Å². The molecule has 146 valence electrons. The highest BCUT2D eigenvalue weighted by Crippen LogP contribution is 2.35. The molecular weight excluding hydrogens is 358 g/mol. The van der Waals surface area contributed by atoms with Crippen molar-refractivity contribution in [2.75, 3.05) is 53.7 Å². The number of nitrogens with one attached hydrogen (secondary N) is 1. The van der Waals surface area contributed by atoms with Crippen LogP contribution < -0.4 is 14.8 Å². The van der Waals surface area contributed by atoms with Crippen LogP contribution in [-0.2, 0) is 10.0 Å². The molecule has 2 amide bonds. The summed E-state index contributed by atoms with van der Waals surface area (Å²) in [6, 6.07) is 5.40. The van der Waals surface area contributed by atoms with Gasteiger partial charge in [0.2, 0.25) is 10.0 Å². The summed E-state index contributed by atoms with van der Waals surface area (Å²) in [5.41, 5.74) is 1.01. The SMILES string of the molecule is COc1ccc(OC)c([C@@H]2CCN(C(=O)NCCS(=O)(=O)N(C)C)C2)c1. The summed E-state index contributed by atoms with van der Waals surface area (Å²) in [6.07, 6.45) is 0.812. The van der Waals surface area contributed by atoms with Gasteiger partial charge in [-0.15, -0.1) is 0 Å².